The number of H-pyrrole nitrogens is 1. The van der Waals surface area contributed by atoms with Crippen LogP contribution in [0.25, 0.3) is 0 Å². The zero-order valence-electron chi connectivity index (χ0n) is 10.0. The van der Waals surface area contributed by atoms with Crippen LogP contribution in [0.4, 0.5) is 0 Å². The second-order valence-corrected chi connectivity index (χ2v) is 4.50. The summed E-state index contributed by atoms with van der Waals surface area (Å²) in [6.07, 6.45) is 3.92. The minimum absolute atomic E-state index is 0.135. The van der Waals surface area contributed by atoms with Gasteiger partial charge in [0, 0.05) is 19.5 Å². The van der Waals surface area contributed by atoms with E-state index in [-0.39, 0.29) is 18.2 Å². The van der Waals surface area contributed by atoms with E-state index < -0.39 is 5.97 Å². The Morgan fingerprint density at radius 2 is 2.17 bits per heavy atom. The molecule has 0 aromatic carbocycles. The number of piperidine rings is 1. The van der Waals surface area contributed by atoms with E-state index in [4.69, 9.17) is 5.11 Å². The van der Waals surface area contributed by atoms with Gasteiger partial charge in [-0.25, -0.2) is 4.98 Å². The van der Waals surface area contributed by atoms with E-state index in [1.807, 2.05) is 0 Å². The number of aromatic amines is 1. The van der Waals surface area contributed by atoms with Crippen molar-refractivity contribution in [1.82, 2.24) is 20.1 Å². The van der Waals surface area contributed by atoms with E-state index in [1.54, 1.807) is 4.90 Å². The first-order valence-corrected chi connectivity index (χ1v) is 6.03. The smallest absolute Gasteiger partial charge is 0.303 e. The Labute approximate surface area is 104 Å². The number of rotatable bonds is 4. The van der Waals surface area contributed by atoms with Crippen LogP contribution in [0.1, 0.15) is 36.3 Å². The topological polar surface area (TPSA) is 99.2 Å². The highest BCUT2D eigenvalue weighted by Gasteiger charge is 2.25. The van der Waals surface area contributed by atoms with Gasteiger partial charge in [-0.1, -0.05) is 0 Å². The predicted molar refractivity (Wildman–Crippen MR) is 61.9 cm³/mol. The maximum atomic E-state index is 11.9. The molecular formula is C11H16N4O3. The largest absolute Gasteiger partial charge is 0.481 e. The molecule has 18 heavy (non-hydrogen) atoms. The number of amides is 1. The van der Waals surface area contributed by atoms with Crippen molar-refractivity contribution in [1.29, 1.82) is 0 Å². The number of hydrogen-bond donors (Lipinski definition) is 2. The molecule has 0 spiro atoms. The van der Waals surface area contributed by atoms with Gasteiger partial charge in [-0.2, -0.15) is 5.10 Å². The predicted octanol–water partition coefficient (Wildman–Crippen LogP) is 0.522. The summed E-state index contributed by atoms with van der Waals surface area (Å²) in [6.45, 7) is 1.31. The lowest BCUT2D eigenvalue weighted by atomic mass is 9.92. The van der Waals surface area contributed by atoms with Crippen molar-refractivity contribution >= 4 is 11.9 Å². The summed E-state index contributed by atoms with van der Waals surface area (Å²) in [5.74, 6) is -0.224. The number of nitrogens with one attached hydrogen (secondary N) is 1. The van der Waals surface area contributed by atoms with Gasteiger partial charge < -0.3 is 10.0 Å². The fourth-order valence-corrected chi connectivity index (χ4v) is 2.21. The molecule has 0 bridgehead atoms. The van der Waals surface area contributed by atoms with E-state index in [0.717, 1.165) is 12.8 Å². The summed E-state index contributed by atoms with van der Waals surface area (Å²) in [5.41, 5.74) is 0. The van der Waals surface area contributed by atoms with Gasteiger partial charge in [-0.3, -0.25) is 14.7 Å². The summed E-state index contributed by atoms with van der Waals surface area (Å²) < 4.78 is 0. The molecule has 1 amide bonds. The molecule has 0 saturated carbocycles. The second kappa shape index (κ2) is 5.61. The minimum atomic E-state index is -0.754. The van der Waals surface area contributed by atoms with Crippen molar-refractivity contribution in [2.75, 3.05) is 13.1 Å². The summed E-state index contributed by atoms with van der Waals surface area (Å²) in [7, 11) is 0. The summed E-state index contributed by atoms with van der Waals surface area (Å²) in [5, 5.41) is 14.8. The third kappa shape index (κ3) is 3.06. The number of carbonyl (C=O) groups is 2. The summed E-state index contributed by atoms with van der Waals surface area (Å²) in [4.78, 5) is 28.0. The molecule has 1 aliphatic rings. The molecule has 0 aliphatic carbocycles. The highest BCUT2D eigenvalue weighted by Crippen LogP contribution is 2.22. The number of likely N-dealkylation sites (tertiary alicyclic amines) is 1. The summed E-state index contributed by atoms with van der Waals surface area (Å²) in [6, 6.07) is 0. The zero-order valence-corrected chi connectivity index (χ0v) is 10.0. The molecule has 2 rings (SSSR count). The van der Waals surface area contributed by atoms with Gasteiger partial charge in [0.15, 0.2) is 0 Å². The van der Waals surface area contributed by atoms with Crippen molar-refractivity contribution in [2.45, 2.75) is 25.7 Å². The average molecular weight is 252 g/mol. The Kier molecular flexibility index (Phi) is 3.91. The van der Waals surface area contributed by atoms with E-state index in [0.29, 0.717) is 25.4 Å². The van der Waals surface area contributed by atoms with Gasteiger partial charge in [0.2, 0.25) is 5.82 Å². The van der Waals surface area contributed by atoms with Crippen LogP contribution in [0.15, 0.2) is 6.33 Å². The molecule has 7 nitrogen and oxygen atoms in total. The number of carboxylic acid groups (broad SMARTS) is 1. The zero-order chi connectivity index (χ0) is 13.0. The number of hydrogen-bond acceptors (Lipinski definition) is 4. The number of carboxylic acids is 1. The standard InChI is InChI=1S/C11H16N4O3/c16-9(17)2-1-8-3-5-15(6-4-8)11(18)10-12-7-13-14-10/h7-8H,1-6H2,(H,16,17)(H,12,13,14). The van der Waals surface area contributed by atoms with Crippen molar-refractivity contribution in [3.8, 4) is 0 Å². The molecular weight excluding hydrogens is 236 g/mol. The molecule has 1 aliphatic heterocycles. The average Bonchev–Trinajstić information content (AvgIpc) is 2.90. The second-order valence-electron chi connectivity index (χ2n) is 4.50. The maximum Gasteiger partial charge on any atom is 0.303 e. The normalized spacial score (nSPS) is 16.8. The third-order valence-electron chi connectivity index (χ3n) is 3.29. The third-order valence-corrected chi connectivity index (χ3v) is 3.29. The van der Waals surface area contributed by atoms with Crippen LogP contribution in [0.5, 0.6) is 0 Å². The van der Waals surface area contributed by atoms with Crippen molar-refractivity contribution in [3.63, 3.8) is 0 Å². The van der Waals surface area contributed by atoms with E-state index in [9.17, 15) is 9.59 Å². The first-order valence-electron chi connectivity index (χ1n) is 6.03. The lowest BCUT2D eigenvalue weighted by Gasteiger charge is -2.31. The van der Waals surface area contributed by atoms with Crippen LogP contribution < -0.4 is 0 Å². The van der Waals surface area contributed by atoms with Crippen molar-refractivity contribution < 1.29 is 14.7 Å². The van der Waals surface area contributed by atoms with Crippen molar-refractivity contribution in [2.24, 2.45) is 5.92 Å². The van der Waals surface area contributed by atoms with E-state index >= 15 is 0 Å². The molecule has 0 atom stereocenters. The fourth-order valence-electron chi connectivity index (χ4n) is 2.21. The molecule has 1 aromatic rings. The van der Waals surface area contributed by atoms with Gasteiger partial charge in [0.25, 0.3) is 5.91 Å². The Bertz CT molecular complexity index is 410. The number of carbonyl (C=O) groups excluding carboxylic acids is 1. The minimum Gasteiger partial charge on any atom is -0.481 e. The van der Waals surface area contributed by atoms with Gasteiger partial charge in [-0.05, 0) is 25.2 Å². The van der Waals surface area contributed by atoms with E-state index in [1.165, 1.54) is 6.33 Å². The molecule has 1 fully saturated rings. The molecule has 1 saturated heterocycles. The first-order chi connectivity index (χ1) is 8.66. The molecule has 0 unspecified atom stereocenters. The quantitative estimate of drug-likeness (QED) is 0.814. The summed E-state index contributed by atoms with van der Waals surface area (Å²) >= 11 is 0. The monoisotopic (exact) mass is 252 g/mol. The molecule has 98 valence electrons. The Hall–Kier alpha value is -1.92. The van der Waals surface area contributed by atoms with Crippen molar-refractivity contribution in [3.05, 3.63) is 12.2 Å². The highest BCUT2D eigenvalue weighted by molar-refractivity contribution is 5.90. The molecule has 0 radical (unpaired) electrons. The fraction of sp³-hybridized carbons (Fsp3) is 0.636. The number of aliphatic carboxylic acids is 1. The molecule has 7 heteroatoms. The van der Waals surface area contributed by atoms with Gasteiger partial charge in [0.05, 0.1) is 0 Å². The van der Waals surface area contributed by atoms with Crippen LogP contribution in [-0.4, -0.2) is 50.2 Å². The SMILES string of the molecule is O=C(O)CCC1CCN(C(=O)c2ncn[nH]2)CC1. The highest BCUT2D eigenvalue weighted by atomic mass is 16.4. The lowest BCUT2D eigenvalue weighted by molar-refractivity contribution is -0.137. The van der Waals surface area contributed by atoms with Gasteiger partial charge >= 0.3 is 5.97 Å². The Morgan fingerprint density at radius 1 is 1.44 bits per heavy atom. The van der Waals surface area contributed by atoms with Crippen LogP contribution in [0.3, 0.4) is 0 Å². The molecule has 2 heterocycles. The maximum absolute atomic E-state index is 11.9. The van der Waals surface area contributed by atoms with Crippen LogP contribution in [0, 0.1) is 5.92 Å². The molecule has 1 aromatic heterocycles. The van der Waals surface area contributed by atoms with Gasteiger partial charge in [0.1, 0.15) is 6.33 Å². The van der Waals surface area contributed by atoms with Crippen LogP contribution in [0.2, 0.25) is 0 Å². The Balaban J connectivity index is 1.80. The lowest BCUT2D eigenvalue weighted by Crippen LogP contribution is -2.39. The molecule has 2 N–H and O–H groups in total. The van der Waals surface area contributed by atoms with E-state index in [2.05, 4.69) is 15.2 Å². The number of nitrogens with zero attached hydrogens (tertiary/aromatic N) is 3. The van der Waals surface area contributed by atoms with Crippen LogP contribution in [-0.2, 0) is 4.79 Å². The first kappa shape index (κ1) is 12.5. The van der Waals surface area contributed by atoms with Gasteiger partial charge in [-0.15, -0.1) is 0 Å². The Morgan fingerprint density at radius 3 is 2.72 bits per heavy atom. The van der Waals surface area contributed by atoms with Crippen LogP contribution >= 0.6 is 0 Å². The number of aromatic nitrogens is 3.